The summed E-state index contributed by atoms with van der Waals surface area (Å²) in [6.45, 7) is 4.37. The molecule has 6 heteroatoms. The third-order valence-electron chi connectivity index (χ3n) is 1.70. The van der Waals surface area contributed by atoms with Crippen LogP contribution < -0.4 is 5.32 Å². The van der Waals surface area contributed by atoms with Crippen molar-refractivity contribution >= 4 is 17.5 Å². The molecule has 1 amide bonds. The number of hydrogen-bond acceptors (Lipinski definition) is 3. The van der Waals surface area contributed by atoms with Crippen LogP contribution in [0.4, 0.5) is 0 Å². The molecule has 5 nitrogen and oxygen atoms in total. The lowest BCUT2D eigenvalue weighted by atomic mass is 10.4. The molecule has 0 spiro atoms. The maximum Gasteiger partial charge on any atom is 0.235 e. The number of rotatable bonds is 4. The molecule has 0 unspecified atom stereocenters. The van der Waals surface area contributed by atoms with Crippen molar-refractivity contribution in [2.24, 2.45) is 0 Å². The van der Waals surface area contributed by atoms with Crippen molar-refractivity contribution in [1.29, 1.82) is 0 Å². The van der Waals surface area contributed by atoms with Crippen LogP contribution in [-0.2, 0) is 11.3 Å². The van der Waals surface area contributed by atoms with E-state index in [-0.39, 0.29) is 17.8 Å². The van der Waals surface area contributed by atoms with Crippen LogP contribution >= 0.6 is 11.6 Å². The van der Waals surface area contributed by atoms with E-state index in [1.54, 1.807) is 4.68 Å². The molecular weight excluding hydrogens is 204 g/mol. The minimum Gasteiger partial charge on any atom is -0.348 e. The van der Waals surface area contributed by atoms with Crippen molar-refractivity contribution in [3.63, 3.8) is 0 Å². The Kier molecular flexibility index (Phi) is 3.88. The van der Waals surface area contributed by atoms with Crippen molar-refractivity contribution in [1.82, 2.24) is 20.1 Å². The van der Waals surface area contributed by atoms with Crippen LogP contribution in [0, 0.1) is 0 Å². The highest BCUT2D eigenvalue weighted by atomic mass is 35.5. The van der Waals surface area contributed by atoms with Crippen molar-refractivity contribution in [2.75, 3.05) is 5.88 Å². The van der Waals surface area contributed by atoms with Gasteiger partial charge in [-0.2, -0.15) is 5.10 Å². The van der Waals surface area contributed by atoms with Crippen LogP contribution in [-0.4, -0.2) is 26.6 Å². The molecule has 1 N–H and O–H groups in total. The Hall–Kier alpha value is -1.10. The van der Waals surface area contributed by atoms with Gasteiger partial charge in [0.25, 0.3) is 0 Å². The first kappa shape index (κ1) is 11.0. The van der Waals surface area contributed by atoms with Gasteiger partial charge in [-0.15, -0.1) is 11.6 Å². The first-order chi connectivity index (χ1) is 6.65. The van der Waals surface area contributed by atoms with Crippen LogP contribution in [0.2, 0.25) is 0 Å². The van der Waals surface area contributed by atoms with Gasteiger partial charge in [-0.05, 0) is 13.8 Å². The normalized spacial score (nSPS) is 10.6. The summed E-state index contributed by atoms with van der Waals surface area (Å²) in [6, 6.07) is 0.236. The van der Waals surface area contributed by atoms with Gasteiger partial charge in [0, 0.05) is 6.04 Å². The highest BCUT2D eigenvalue weighted by Gasteiger charge is 2.07. The largest absolute Gasteiger partial charge is 0.348 e. The molecular formula is C8H13ClN4O. The number of aromatic nitrogens is 3. The number of amides is 1. The van der Waals surface area contributed by atoms with E-state index in [4.69, 9.17) is 11.6 Å². The number of nitrogens with zero attached hydrogens (tertiary/aromatic N) is 3. The van der Waals surface area contributed by atoms with Gasteiger partial charge in [0.2, 0.25) is 5.91 Å². The lowest BCUT2D eigenvalue weighted by molar-refractivity contribution is -0.118. The fraction of sp³-hybridized carbons (Fsp3) is 0.625. The van der Waals surface area contributed by atoms with Crippen molar-refractivity contribution in [3.8, 4) is 0 Å². The zero-order valence-corrected chi connectivity index (χ0v) is 8.95. The molecule has 0 radical (unpaired) electrons. The molecule has 0 aromatic carbocycles. The van der Waals surface area contributed by atoms with Gasteiger partial charge in [-0.1, -0.05) is 0 Å². The molecule has 0 aliphatic carbocycles. The van der Waals surface area contributed by atoms with E-state index in [1.165, 1.54) is 6.33 Å². The molecule has 0 bridgehead atoms. The number of alkyl halides is 1. The lowest BCUT2D eigenvalue weighted by Gasteiger charge is -2.09. The zero-order valence-electron chi connectivity index (χ0n) is 8.20. The molecule has 0 aliphatic rings. The van der Waals surface area contributed by atoms with Crippen molar-refractivity contribution in [2.45, 2.75) is 26.4 Å². The maximum absolute atomic E-state index is 10.9. The molecule has 0 aliphatic heterocycles. The number of carbonyl (C=O) groups is 1. The van der Waals surface area contributed by atoms with Gasteiger partial charge in [0.15, 0.2) is 0 Å². The summed E-state index contributed by atoms with van der Waals surface area (Å²) < 4.78 is 1.76. The quantitative estimate of drug-likeness (QED) is 0.755. The van der Waals surface area contributed by atoms with Gasteiger partial charge in [-0.3, -0.25) is 4.79 Å². The Balaban J connectivity index is 2.58. The molecule has 1 aromatic rings. The Labute approximate surface area is 87.5 Å². The third-order valence-corrected chi connectivity index (χ3v) is 1.94. The SMILES string of the molecule is CC(C)n1ncnc1CNC(=O)CCl. The monoisotopic (exact) mass is 216 g/mol. The predicted octanol–water partition coefficient (Wildman–Crippen LogP) is 0.714. The molecule has 0 fully saturated rings. The van der Waals surface area contributed by atoms with Gasteiger partial charge in [0.1, 0.15) is 18.0 Å². The summed E-state index contributed by atoms with van der Waals surface area (Å²) in [5, 5.41) is 6.68. The van der Waals surface area contributed by atoms with E-state index in [2.05, 4.69) is 15.4 Å². The molecule has 1 rings (SSSR count). The molecule has 78 valence electrons. The lowest BCUT2D eigenvalue weighted by Crippen LogP contribution is -2.26. The second-order valence-electron chi connectivity index (χ2n) is 3.12. The van der Waals surface area contributed by atoms with Gasteiger partial charge in [-0.25, -0.2) is 9.67 Å². The molecule has 0 saturated carbocycles. The molecule has 1 aromatic heterocycles. The Morgan fingerprint density at radius 2 is 2.43 bits per heavy atom. The highest BCUT2D eigenvalue weighted by Crippen LogP contribution is 2.04. The number of hydrogen-bond donors (Lipinski definition) is 1. The zero-order chi connectivity index (χ0) is 10.6. The van der Waals surface area contributed by atoms with E-state index in [0.29, 0.717) is 6.54 Å². The minimum absolute atomic E-state index is 0.0319. The van der Waals surface area contributed by atoms with Gasteiger partial charge < -0.3 is 5.32 Å². The Bertz CT molecular complexity index is 310. The summed E-state index contributed by atoms with van der Waals surface area (Å²) in [4.78, 5) is 14.9. The van der Waals surface area contributed by atoms with E-state index < -0.39 is 0 Å². The van der Waals surface area contributed by atoms with Crippen LogP contribution in [0.25, 0.3) is 0 Å². The average molecular weight is 217 g/mol. The van der Waals surface area contributed by atoms with Crippen molar-refractivity contribution < 1.29 is 4.79 Å². The second kappa shape index (κ2) is 4.95. The summed E-state index contributed by atoms with van der Waals surface area (Å²) in [5.41, 5.74) is 0. The maximum atomic E-state index is 10.9. The number of carbonyl (C=O) groups excluding carboxylic acids is 1. The molecule has 1 heterocycles. The number of nitrogens with one attached hydrogen (secondary N) is 1. The topological polar surface area (TPSA) is 59.8 Å². The standard InChI is InChI=1S/C8H13ClN4O/c1-6(2)13-7(11-5-12-13)4-10-8(14)3-9/h5-6H,3-4H2,1-2H3,(H,10,14). The predicted molar refractivity (Wildman–Crippen MR) is 53.0 cm³/mol. The van der Waals surface area contributed by atoms with E-state index in [1.807, 2.05) is 13.8 Å². The molecule has 0 atom stereocenters. The van der Waals surface area contributed by atoms with E-state index in [0.717, 1.165) is 5.82 Å². The average Bonchev–Trinajstić information content (AvgIpc) is 2.62. The third kappa shape index (κ3) is 2.70. The number of halogens is 1. The van der Waals surface area contributed by atoms with Gasteiger partial charge >= 0.3 is 0 Å². The summed E-state index contributed by atoms with van der Waals surface area (Å²) in [7, 11) is 0. The second-order valence-corrected chi connectivity index (χ2v) is 3.39. The smallest absolute Gasteiger partial charge is 0.235 e. The van der Waals surface area contributed by atoms with Crippen LogP contribution in [0.15, 0.2) is 6.33 Å². The van der Waals surface area contributed by atoms with Gasteiger partial charge in [0.05, 0.1) is 6.54 Å². The first-order valence-electron chi connectivity index (χ1n) is 4.36. The van der Waals surface area contributed by atoms with E-state index >= 15 is 0 Å². The summed E-state index contributed by atoms with van der Waals surface area (Å²) >= 11 is 5.34. The first-order valence-corrected chi connectivity index (χ1v) is 4.89. The van der Waals surface area contributed by atoms with Crippen LogP contribution in [0.5, 0.6) is 0 Å². The van der Waals surface area contributed by atoms with Crippen LogP contribution in [0.1, 0.15) is 25.7 Å². The highest BCUT2D eigenvalue weighted by molar-refractivity contribution is 6.27. The molecule has 14 heavy (non-hydrogen) atoms. The Morgan fingerprint density at radius 1 is 1.71 bits per heavy atom. The fourth-order valence-corrected chi connectivity index (χ4v) is 1.15. The van der Waals surface area contributed by atoms with Crippen molar-refractivity contribution in [3.05, 3.63) is 12.2 Å². The Morgan fingerprint density at radius 3 is 3.00 bits per heavy atom. The summed E-state index contributed by atoms with van der Waals surface area (Å²) in [5.74, 6) is 0.499. The van der Waals surface area contributed by atoms with E-state index in [9.17, 15) is 4.79 Å². The summed E-state index contributed by atoms with van der Waals surface area (Å²) in [6.07, 6.45) is 1.47. The minimum atomic E-state index is -0.204. The fourth-order valence-electron chi connectivity index (χ4n) is 1.06. The molecule has 0 saturated heterocycles. The van der Waals surface area contributed by atoms with Crippen LogP contribution in [0.3, 0.4) is 0 Å².